The summed E-state index contributed by atoms with van der Waals surface area (Å²) in [6, 6.07) is 7.06. The van der Waals surface area contributed by atoms with Gasteiger partial charge in [0.15, 0.2) is 0 Å². The van der Waals surface area contributed by atoms with E-state index in [0.29, 0.717) is 12.3 Å². The lowest BCUT2D eigenvalue weighted by Crippen LogP contribution is -2.19. The fraction of sp³-hybridized carbons (Fsp3) is 0.500. The molecular formula is C12H18O2. The number of aliphatic hydroxyl groups excluding tert-OH is 1. The minimum Gasteiger partial charge on any atom is -0.508 e. The van der Waals surface area contributed by atoms with Gasteiger partial charge in [0.25, 0.3) is 0 Å². The van der Waals surface area contributed by atoms with Crippen molar-refractivity contribution in [3.8, 4) is 5.75 Å². The molecule has 2 nitrogen and oxygen atoms in total. The van der Waals surface area contributed by atoms with Crippen molar-refractivity contribution < 1.29 is 10.2 Å². The molecule has 1 rings (SSSR count). The molecule has 0 spiro atoms. The topological polar surface area (TPSA) is 40.5 Å². The summed E-state index contributed by atoms with van der Waals surface area (Å²) >= 11 is 0. The fourth-order valence-corrected chi connectivity index (χ4v) is 1.40. The molecule has 0 saturated carbocycles. The summed E-state index contributed by atoms with van der Waals surface area (Å²) in [5.41, 5.74) is 0.984. The number of benzene rings is 1. The molecule has 2 heteroatoms. The normalized spacial score (nSPS) is 15.1. The van der Waals surface area contributed by atoms with Crippen molar-refractivity contribution in [2.75, 3.05) is 0 Å². The Bertz CT molecular complexity index is 283. The molecule has 0 heterocycles. The van der Waals surface area contributed by atoms with E-state index in [2.05, 4.69) is 6.92 Å². The quantitative estimate of drug-likeness (QED) is 0.772. The zero-order chi connectivity index (χ0) is 10.6. The first-order chi connectivity index (χ1) is 6.63. The van der Waals surface area contributed by atoms with Gasteiger partial charge in [0, 0.05) is 0 Å². The Hall–Kier alpha value is -1.02. The molecule has 78 valence electrons. The Labute approximate surface area is 85.2 Å². The molecule has 0 amide bonds. The second-order valence-corrected chi connectivity index (χ2v) is 3.83. The summed E-state index contributed by atoms with van der Waals surface area (Å²) in [6.07, 6.45) is 1.27. The minimum absolute atomic E-state index is 0.263. The van der Waals surface area contributed by atoms with Crippen molar-refractivity contribution in [2.24, 2.45) is 5.92 Å². The Kier molecular flexibility index (Phi) is 3.96. The van der Waals surface area contributed by atoms with Gasteiger partial charge in [-0.1, -0.05) is 32.4 Å². The maximum Gasteiger partial charge on any atom is 0.115 e. The highest BCUT2D eigenvalue weighted by Gasteiger charge is 2.12. The van der Waals surface area contributed by atoms with Gasteiger partial charge in [-0.3, -0.25) is 0 Å². The van der Waals surface area contributed by atoms with Crippen LogP contribution in [0.25, 0.3) is 0 Å². The number of rotatable bonds is 4. The van der Waals surface area contributed by atoms with Crippen LogP contribution in [0.3, 0.4) is 0 Å². The summed E-state index contributed by atoms with van der Waals surface area (Å²) in [5.74, 6) is 0.566. The number of aliphatic hydroxyl groups is 1. The van der Waals surface area contributed by atoms with Crippen molar-refractivity contribution in [1.29, 1.82) is 0 Å². The number of hydrogen-bond acceptors (Lipinski definition) is 2. The number of aromatic hydroxyl groups is 1. The average Bonchev–Trinajstić information content (AvgIpc) is 2.16. The monoisotopic (exact) mass is 194 g/mol. The molecule has 0 fully saturated rings. The van der Waals surface area contributed by atoms with Crippen LogP contribution in [0.1, 0.15) is 25.8 Å². The molecule has 0 bridgehead atoms. The highest BCUT2D eigenvalue weighted by atomic mass is 16.3. The highest BCUT2D eigenvalue weighted by Crippen LogP contribution is 2.16. The van der Waals surface area contributed by atoms with Gasteiger partial charge in [0.1, 0.15) is 5.75 Å². The van der Waals surface area contributed by atoms with Crippen LogP contribution >= 0.6 is 0 Å². The van der Waals surface area contributed by atoms with Gasteiger partial charge in [0.05, 0.1) is 6.10 Å². The summed E-state index contributed by atoms with van der Waals surface area (Å²) in [6.45, 7) is 4.10. The van der Waals surface area contributed by atoms with Gasteiger partial charge >= 0.3 is 0 Å². The summed E-state index contributed by atoms with van der Waals surface area (Å²) < 4.78 is 0. The maximum atomic E-state index is 9.78. The van der Waals surface area contributed by atoms with Crippen molar-refractivity contribution >= 4 is 0 Å². The summed E-state index contributed by atoms with van der Waals surface area (Å²) in [7, 11) is 0. The molecule has 0 aliphatic rings. The third kappa shape index (κ3) is 3.04. The molecule has 1 aromatic rings. The molecule has 2 unspecified atom stereocenters. The van der Waals surface area contributed by atoms with Gasteiger partial charge in [-0.2, -0.15) is 0 Å². The van der Waals surface area contributed by atoms with Crippen LogP contribution in [-0.4, -0.2) is 16.3 Å². The lowest BCUT2D eigenvalue weighted by Gasteiger charge is -2.16. The van der Waals surface area contributed by atoms with Gasteiger partial charge in [-0.15, -0.1) is 0 Å². The molecule has 0 radical (unpaired) electrons. The van der Waals surface area contributed by atoms with Crippen molar-refractivity contribution in [3.63, 3.8) is 0 Å². The molecule has 0 aliphatic heterocycles. The van der Waals surface area contributed by atoms with Gasteiger partial charge in [0.2, 0.25) is 0 Å². The SMILES string of the molecule is CCC(C)C(O)Cc1cccc(O)c1. The third-order valence-corrected chi connectivity index (χ3v) is 2.66. The number of phenols is 1. The molecular weight excluding hydrogens is 176 g/mol. The van der Waals surface area contributed by atoms with Crippen LogP contribution in [0.15, 0.2) is 24.3 Å². The van der Waals surface area contributed by atoms with E-state index in [1.165, 1.54) is 0 Å². The van der Waals surface area contributed by atoms with E-state index in [9.17, 15) is 10.2 Å². The Morgan fingerprint density at radius 1 is 1.36 bits per heavy atom. The molecule has 1 aromatic carbocycles. The largest absolute Gasteiger partial charge is 0.508 e. The molecule has 14 heavy (non-hydrogen) atoms. The first-order valence-electron chi connectivity index (χ1n) is 5.09. The van der Waals surface area contributed by atoms with E-state index in [1.54, 1.807) is 18.2 Å². The van der Waals surface area contributed by atoms with E-state index in [-0.39, 0.29) is 11.9 Å². The molecule has 2 N–H and O–H groups in total. The Balaban J connectivity index is 2.60. The first-order valence-corrected chi connectivity index (χ1v) is 5.09. The molecule has 2 atom stereocenters. The van der Waals surface area contributed by atoms with E-state index < -0.39 is 0 Å². The highest BCUT2D eigenvalue weighted by molar-refractivity contribution is 5.27. The lowest BCUT2D eigenvalue weighted by atomic mass is 9.96. The smallest absolute Gasteiger partial charge is 0.115 e. The van der Waals surface area contributed by atoms with Gasteiger partial charge in [-0.05, 0) is 30.0 Å². The number of phenolic OH excluding ortho intramolecular Hbond substituents is 1. The number of hydrogen-bond donors (Lipinski definition) is 2. The zero-order valence-electron chi connectivity index (χ0n) is 8.77. The predicted molar refractivity (Wildman–Crippen MR) is 57.3 cm³/mol. The van der Waals surface area contributed by atoms with Crippen LogP contribution < -0.4 is 0 Å². The van der Waals surface area contributed by atoms with Crippen LogP contribution in [-0.2, 0) is 6.42 Å². The van der Waals surface area contributed by atoms with E-state index in [1.807, 2.05) is 13.0 Å². The average molecular weight is 194 g/mol. The third-order valence-electron chi connectivity index (χ3n) is 2.66. The molecule has 0 aliphatic carbocycles. The fourth-order valence-electron chi connectivity index (χ4n) is 1.40. The zero-order valence-corrected chi connectivity index (χ0v) is 8.77. The molecule has 0 saturated heterocycles. The van der Waals surface area contributed by atoms with Crippen molar-refractivity contribution in [3.05, 3.63) is 29.8 Å². The van der Waals surface area contributed by atoms with Crippen LogP contribution in [0.5, 0.6) is 5.75 Å². The van der Waals surface area contributed by atoms with Gasteiger partial charge in [-0.25, -0.2) is 0 Å². The van der Waals surface area contributed by atoms with Crippen molar-refractivity contribution in [1.82, 2.24) is 0 Å². The minimum atomic E-state index is -0.318. The first kappa shape index (κ1) is 11.1. The van der Waals surface area contributed by atoms with E-state index >= 15 is 0 Å². The van der Waals surface area contributed by atoms with E-state index in [0.717, 1.165) is 12.0 Å². The van der Waals surface area contributed by atoms with Crippen LogP contribution in [0.4, 0.5) is 0 Å². The van der Waals surface area contributed by atoms with Gasteiger partial charge < -0.3 is 10.2 Å². The summed E-state index contributed by atoms with van der Waals surface area (Å²) in [4.78, 5) is 0. The Morgan fingerprint density at radius 3 is 2.64 bits per heavy atom. The van der Waals surface area contributed by atoms with Crippen LogP contribution in [0, 0.1) is 5.92 Å². The standard InChI is InChI=1S/C12H18O2/c1-3-9(2)12(14)8-10-5-4-6-11(13)7-10/h4-7,9,12-14H,3,8H2,1-2H3. The van der Waals surface area contributed by atoms with Crippen LogP contribution in [0.2, 0.25) is 0 Å². The lowest BCUT2D eigenvalue weighted by molar-refractivity contribution is 0.115. The molecule has 0 aromatic heterocycles. The van der Waals surface area contributed by atoms with Crippen molar-refractivity contribution in [2.45, 2.75) is 32.8 Å². The second kappa shape index (κ2) is 5.01. The summed E-state index contributed by atoms with van der Waals surface area (Å²) in [5, 5.41) is 19.0. The van der Waals surface area contributed by atoms with E-state index in [4.69, 9.17) is 0 Å². The second-order valence-electron chi connectivity index (χ2n) is 3.83. The predicted octanol–water partition coefficient (Wildman–Crippen LogP) is 2.34. The Morgan fingerprint density at radius 2 is 2.07 bits per heavy atom. The maximum absolute atomic E-state index is 9.78.